The van der Waals surface area contributed by atoms with Gasteiger partial charge in [0, 0.05) is 17.9 Å². The molecule has 132 valence electrons. The Bertz CT molecular complexity index is 740. The van der Waals surface area contributed by atoms with Crippen molar-refractivity contribution >= 4 is 23.5 Å². The fraction of sp³-hybridized carbons (Fsp3) is 0.300. The van der Waals surface area contributed by atoms with Crippen molar-refractivity contribution in [1.82, 2.24) is 0 Å². The Morgan fingerprint density at radius 1 is 0.960 bits per heavy atom. The van der Waals surface area contributed by atoms with E-state index in [4.69, 9.17) is 21.1 Å². The van der Waals surface area contributed by atoms with E-state index >= 15 is 0 Å². The Kier molecular flexibility index (Phi) is 7.02. The van der Waals surface area contributed by atoms with Crippen LogP contribution in [0.3, 0.4) is 0 Å². The average Bonchev–Trinajstić information content (AvgIpc) is 2.55. The van der Waals surface area contributed by atoms with E-state index < -0.39 is 5.97 Å². The number of esters is 2. The van der Waals surface area contributed by atoms with Crippen LogP contribution < -0.4 is 9.47 Å². The highest BCUT2D eigenvalue weighted by atomic mass is 35.5. The molecule has 2 aromatic carbocycles. The number of hydrogen-bond acceptors (Lipinski definition) is 4. The van der Waals surface area contributed by atoms with Crippen molar-refractivity contribution in [3.8, 4) is 11.5 Å². The Balaban J connectivity index is 1.78. The fourth-order valence-electron chi connectivity index (χ4n) is 2.31. The lowest BCUT2D eigenvalue weighted by Crippen LogP contribution is -2.12. The Hall–Kier alpha value is -2.33. The van der Waals surface area contributed by atoms with Crippen LogP contribution in [0.25, 0.3) is 0 Å². The number of rotatable bonds is 7. The van der Waals surface area contributed by atoms with Crippen LogP contribution in [0, 0.1) is 0 Å². The van der Waals surface area contributed by atoms with Gasteiger partial charge in [-0.1, -0.05) is 49.7 Å². The third kappa shape index (κ3) is 6.24. The first kappa shape index (κ1) is 19.0. The van der Waals surface area contributed by atoms with Crippen molar-refractivity contribution in [1.29, 1.82) is 0 Å². The summed E-state index contributed by atoms with van der Waals surface area (Å²) < 4.78 is 10.6. The normalized spacial score (nSPS) is 10.6. The lowest BCUT2D eigenvalue weighted by Gasteiger charge is -2.12. The van der Waals surface area contributed by atoms with Crippen molar-refractivity contribution in [2.75, 3.05) is 0 Å². The summed E-state index contributed by atoms with van der Waals surface area (Å²) in [6.07, 6.45) is 0.645. The van der Waals surface area contributed by atoms with Gasteiger partial charge in [-0.2, -0.15) is 0 Å². The summed E-state index contributed by atoms with van der Waals surface area (Å²) in [5, 5.41) is 0.498. The lowest BCUT2D eigenvalue weighted by atomic mass is 10.0. The topological polar surface area (TPSA) is 52.6 Å². The molecule has 0 spiro atoms. The quantitative estimate of drug-likeness (QED) is 0.506. The van der Waals surface area contributed by atoms with Gasteiger partial charge in [0.05, 0.1) is 0 Å². The average molecular weight is 361 g/mol. The number of para-hydroxylation sites is 1. The summed E-state index contributed by atoms with van der Waals surface area (Å²) in [5.41, 5.74) is 0.983. The fourth-order valence-corrected chi connectivity index (χ4v) is 2.49. The van der Waals surface area contributed by atoms with Crippen LogP contribution >= 0.6 is 11.6 Å². The van der Waals surface area contributed by atoms with Crippen LogP contribution in [0.15, 0.2) is 48.5 Å². The Morgan fingerprint density at radius 3 is 2.32 bits per heavy atom. The van der Waals surface area contributed by atoms with Gasteiger partial charge in [-0.25, -0.2) is 0 Å². The monoisotopic (exact) mass is 360 g/mol. The first-order chi connectivity index (χ1) is 12.0. The Labute approximate surface area is 152 Å². The van der Waals surface area contributed by atoms with E-state index in [1.165, 1.54) is 0 Å². The number of carbonyl (C=O) groups excluding carboxylic acids is 2. The maximum atomic E-state index is 12.0. The summed E-state index contributed by atoms with van der Waals surface area (Å²) in [6.45, 7) is 4.08. The molecule has 25 heavy (non-hydrogen) atoms. The summed E-state index contributed by atoms with van der Waals surface area (Å²) in [4.78, 5) is 23.8. The molecular weight excluding hydrogens is 340 g/mol. The van der Waals surface area contributed by atoms with Crippen molar-refractivity contribution in [2.45, 2.75) is 39.0 Å². The number of benzene rings is 2. The molecule has 0 unspecified atom stereocenters. The van der Waals surface area contributed by atoms with Gasteiger partial charge in [0.2, 0.25) is 0 Å². The van der Waals surface area contributed by atoms with Crippen molar-refractivity contribution < 1.29 is 19.1 Å². The van der Waals surface area contributed by atoms with E-state index in [0.29, 0.717) is 22.9 Å². The molecule has 0 heterocycles. The largest absolute Gasteiger partial charge is 0.426 e. The molecule has 0 saturated heterocycles. The predicted octanol–water partition coefficient (Wildman–Crippen LogP) is 5.14. The van der Waals surface area contributed by atoms with E-state index in [2.05, 4.69) is 0 Å². The van der Waals surface area contributed by atoms with E-state index in [1.54, 1.807) is 30.3 Å². The zero-order valence-electron chi connectivity index (χ0n) is 14.3. The van der Waals surface area contributed by atoms with Crippen molar-refractivity contribution in [3.63, 3.8) is 0 Å². The third-order valence-corrected chi connectivity index (χ3v) is 3.79. The molecular formula is C20H21ClO4. The summed E-state index contributed by atoms with van der Waals surface area (Å²) in [7, 11) is 0. The standard InChI is InChI=1S/C20H21ClO4/c1-14(2)17-9-3-4-10-18(17)25-20(23)12-6-11-19(22)24-16-8-5-7-15(21)13-16/h3-5,7-10,13-14H,6,11-12H2,1-2H3. The van der Waals surface area contributed by atoms with Crippen LogP contribution in [-0.2, 0) is 9.59 Å². The highest BCUT2D eigenvalue weighted by molar-refractivity contribution is 6.30. The van der Waals surface area contributed by atoms with Crippen LogP contribution in [0.4, 0.5) is 0 Å². The molecule has 0 aliphatic rings. The van der Waals surface area contributed by atoms with Crippen LogP contribution in [0.5, 0.6) is 11.5 Å². The minimum atomic E-state index is -0.405. The molecule has 0 aliphatic carbocycles. The first-order valence-electron chi connectivity index (χ1n) is 8.21. The van der Waals surface area contributed by atoms with Gasteiger partial charge in [0.15, 0.2) is 0 Å². The molecule has 0 N–H and O–H groups in total. The van der Waals surface area contributed by atoms with Gasteiger partial charge >= 0.3 is 11.9 Å². The second kappa shape index (κ2) is 9.23. The summed E-state index contributed by atoms with van der Waals surface area (Å²) in [6, 6.07) is 14.1. The zero-order valence-corrected chi connectivity index (χ0v) is 15.1. The predicted molar refractivity (Wildman–Crippen MR) is 97.1 cm³/mol. The Morgan fingerprint density at radius 2 is 1.64 bits per heavy atom. The second-order valence-corrected chi connectivity index (χ2v) is 6.39. The number of carbonyl (C=O) groups is 2. The van der Waals surface area contributed by atoms with Gasteiger partial charge in [0.1, 0.15) is 11.5 Å². The van der Waals surface area contributed by atoms with Crippen LogP contribution in [0.2, 0.25) is 5.02 Å². The molecule has 0 saturated carbocycles. The first-order valence-corrected chi connectivity index (χ1v) is 8.59. The minimum Gasteiger partial charge on any atom is -0.426 e. The van der Waals surface area contributed by atoms with Gasteiger partial charge in [-0.3, -0.25) is 9.59 Å². The maximum Gasteiger partial charge on any atom is 0.311 e. The third-order valence-electron chi connectivity index (χ3n) is 3.55. The number of hydrogen-bond donors (Lipinski definition) is 0. The van der Waals surface area contributed by atoms with E-state index in [-0.39, 0.29) is 24.7 Å². The van der Waals surface area contributed by atoms with Gasteiger partial charge in [-0.15, -0.1) is 0 Å². The van der Waals surface area contributed by atoms with E-state index in [0.717, 1.165) is 5.56 Å². The molecule has 2 rings (SSSR count). The highest BCUT2D eigenvalue weighted by Crippen LogP contribution is 2.26. The minimum absolute atomic E-state index is 0.132. The summed E-state index contributed by atoms with van der Waals surface area (Å²) >= 11 is 5.83. The van der Waals surface area contributed by atoms with Crippen LogP contribution in [0.1, 0.15) is 44.6 Å². The smallest absolute Gasteiger partial charge is 0.311 e. The molecule has 0 fully saturated rings. The summed E-state index contributed by atoms with van der Waals surface area (Å²) in [5.74, 6) is 0.466. The van der Waals surface area contributed by atoms with E-state index in [1.807, 2.05) is 32.0 Å². The van der Waals surface area contributed by atoms with E-state index in [9.17, 15) is 9.59 Å². The zero-order chi connectivity index (χ0) is 18.2. The van der Waals surface area contributed by atoms with Gasteiger partial charge < -0.3 is 9.47 Å². The molecule has 5 heteroatoms. The number of ether oxygens (including phenoxy) is 2. The lowest BCUT2D eigenvalue weighted by molar-refractivity contribution is -0.136. The van der Waals surface area contributed by atoms with Crippen LogP contribution in [-0.4, -0.2) is 11.9 Å². The highest BCUT2D eigenvalue weighted by Gasteiger charge is 2.12. The van der Waals surface area contributed by atoms with Crippen molar-refractivity contribution in [2.24, 2.45) is 0 Å². The maximum absolute atomic E-state index is 12.0. The SMILES string of the molecule is CC(C)c1ccccc1OC(=O)CCCC(=O)Oc1cccc(Cl)c1. The van der Waals surface area contributed by atoms with Gasteiger partial charge in [0.25, 0.3) is 0 Å². The molecule has 0 aliphatic heterocycles. The molecule has 0 radical (unpaired) electrons. The number of halogens is 1. The molecule has 0 atom stereocenters. The van der Waals surface area contributed by atoms with Gasteiger partial charge in [-0.05, 0) is 42.2 Å². The molecule has 0 bridgehead atoms. The molecule has 2 aromatic rings. The molecule has 0 amide bonds. The molecule has 0 aromatic heterocycles. The second-order valence-electron chi connectivity index (χ2n) is 5.95. The molecule has 4 nitrogen and oxygen atoms in total. The van der Waals surface area contributed by atoms with Crippen molar-refractivity contribution in [3.05, 3.63) is 59.1 Å².